The highest BCUT2D eigenvalue weighted by Crippen LogP contribution is 2.10. The van der Waals surface area contributed by atoms with Gasteiger partial charge in [0, 0.05) is 38.7 Å². The first-order chi connectivity index (χ1) is 10.6. The summed E-state index contributed by atoms with van der Waals surface area (Å²) in [6.07, 6.45) is 2.61. The van der Waals surface area contributed by atoms with Gasteiger partial charge in [0.05, 0.1) is 6.10 Å². The fraction of sp³-hybridized carbons (Fsp3) is 0.875. The monoisotopic (exact) mass is 312 g/mol. The number of nitrogens with zero attached hydrogens (tertiary/aromatic N) is 1. The number of piperidine rings is 1. The topological polar surface area (TPSA) is 74.8 Å². The normalized spacial score (nSPS) is 20.7. The Kier molecular flexibility index (Phi) is 8.89. The van der Waals surface area contributed by atoms with E-state index < -0.39 is 0 Å². The van der Waals surface area contributed by atoms with Crippen LogP contribution in [0.1, 0.15) is 47.0 Å². The van der Waals surface area contributed by atoms with Crippen molar-refractivity contribution in [1.29, 1.82) is 0 Å². The van der Waals surface area contributed by atoms with Gasteiger partial charge in [-0.1, -0.05) is 13.8 Å². The molecule has 1 aliphatic rings. The Hall–Kier alpha value is -1.30. The van der Waals surface area contributed by atoms with Crippen molar-refractivity contribution in [3.8, 4) is 0 Å². The fourth-order valence-electron chi connectivity index (χ4n) is 2.50. The number of nitrogens with one attached hydrogen (secondary N) is 3. The number of hydrogen-bond donors (Lipinski definition) is 3. The minimum absolute atomic E-state index is 0.136. The van der Waals surface area contributed by atoms with Crippen LogP contribution >= 0.6 is 0 Å². The standard InChI is InChI=1S/C16H32N4O2/c1-5-17-16(20-13-7-8-15(21)19-11-13)18-10-9-14(12(3)4)22-6-2/h12-14H,5-11H2,1-4H3,(H,19,21)(H2,17,18,20). The number of carbonyl (C=O) groups excluding carboxylic acids is 1. The van der Waals surface area contributed by atoms with Gasteiger partial charge in [-0.05, 0) is 32.6 Å². The Morgan fingerprint density at radius 3 is 2.77 bits per heavy atom. The molecule has 6 heteroatoms. The summed E-state index contributed by atoms with van der Waals surface area (Å²) < 4.78 is 5.75. The average Bonchev–Trinajstić information content (AvgIpc) is 2.48. The summed E-state index contributed by atoms with van der Waals surface area (Å²) >= 11 is 0. The molecule has 1 saturated heterocycles. The summed E-state index contributed by atoms with van der Waals surface area (Å²) in [5.74, 6) is 1.46. The molecule has 0 spiro atoms. The number of rotatable bonds is 8. The molecule has 1 heterocycles. The van der Waals surface area contributed by atoms with Crippen molar-refractivity contribution in [2.24, 2.45) is 10.9 Å². The minimum Gasteiger partial charge on any atom is -0.378 e. The van der Waals surface area contributed by atoms with Gasteiger partial charge in [-0.15, -0.1) is 0 Å². The van der Waals surface area contributed by atoms with Gasteiger partial charge in [-0.3, -0.25) is 9.79 Å². The molecule has 6 nitrogen and oxygen atoms in total. The van der Waals surface area contributed by atoms with E-state index in [1.807, 2.05) is 6.92 Å². The van der Waals surface area contributed by atoms with Crippen LogP contribution in [0.3, 0.4) is 0 Å². The van der Waals surface area contributed by atoms with E-state index in [2.05, 4.69) is 41.7 Å². The molecule has 128 valence electrons. The largest absolute Gasteiger partial charge is 0.378 e. The molecule has 0 aliphatic carbocycles. The first kappa shape index (κ1) is 18.7. The van der Waals surface area contributed by atoms with Crippen LogP contribution in [-0.2, 0) is 9.53 Å². The molecule has 1 amide bonds. The first-order valence-electron chi connectivity index (χ1n) is 8.49. The summed E-state index contributed by atoms with van der Waals surface area (Å²) in [6.45, 7) is 11.4. The lowest BCUT2D eigenvalue weighted by Crippen LogP contribution is -2.51. The van der Waals surface area contributed by atoms with E-state index in [1.165, 1.54) is 0 Å². The molecule has 0 bridgehead atoms. The SMILES string of the molecule is CCNC(=NCCC(OCC)C(C)C)NC1CCC(=O)NC1. The highest BCUT2D eigenvalue weighted by Gasteiger charge is 2.18. The van der Waals surface area contributed by atoms with Crippen LogP contribution in [0.15, 0.2) is 4.99 Å². The summed E-state index contributed by atoms with van der Waals surface area (Å²) in [6, 6.07) is 0.253. The van der Waals surface area contributed by atoms with Crippen molar-refractivity contribution in [2.75, 3.05) is 26.2 Å². The third kappa shape index (κ3) is 7.11. The number of aliphatic imine (C=N–C) groups is 1. The van der Waals surface area contributed by atoms with Crippen molar-refractivity contribution in [1.82, 2.24) is 16.0 Å². The number of ether oxygens (including phenoxy) is 1. The van der Waals surface area contributed by atoms with Gasteiger partial charge < -0.3 is 20.7 Å². The molecular formula is C16H32N4O2. The second kappa shape index (κ2) is 10.4. The van der Waals surface area contributed by atoms with Crippen LogP contribution in [0.25, 0.3) is 0 Å². The maximum atomic E-state index is 11.2. The Morgan fingerprint density at radius 2 is 2.23 bits per heavy atom. The molecule has 0 aromatic heterocycles. The molecule has 0 saturated carbocycles. The van der Waals surface area contributed by atoms with E-state index >= 15 is 0 Å². The van der Waals surface area contributed by atoms with Gasteiger partial charge in [0.15, 0.2) is 5.96 Å². The molecule has 3 N–H and O–H groups in total. The van der Waals surface area contributed by atoms with Crippen LogP contribution in [0.4, 0.5) is 0 Å². The van der Waals surface area contributed by atoms with Gasteiger partial charge in [0.1, 0.15) is 0 Å². The van der Waals surface area contributed by atoms with E-state index in [4.69, 9.17) is 4.74 Å². The maximum absolute atomic E-state index is 11.2. The number of amides is 1. The maximum Gasteiger partial charge on any atom is 0.220 e. The van der Waals surface area contributed by atoms with Gasteiger partial charge in [-0.25, -0.2) is 0 Å². The van der Waals surface area contributed by atoms with Crippen LogP contribution in [0, 0.1) is 5.92 Å². The second-order valence-corrected chi connectivity index (χ2v) is 5.97. The highest BCUT2D eigenvalue weighted by atomic mass is 16.5. The van der Waals surface area contributed by atoms with Gasteiger partial charge in [0.25, 0.3) is 0 Å². The van der Waals surface area contributed by atoms with Crippen LogP contribution in [-0.4, -0.2) is 50.3 Å². The summed E-state index contributed by atoms with van der Waals surface area (Å²) in [5, 5.41) is 9.54. The van der Waals surface area contributed by atoms with E-state index in [0.717, 1.165) is 38.5 Å². The molecule has 1 aliphatic heterocycles. The predicted octanol–water partition coefficient (Wildman–Crippen LogP) is 1.27. The Bertz CT molecular complexity index is 348. The second-order valence-electron chi connectivity index (χ2n) is 5.97. The van der Waals surface area contributed by atoms with Crippen molar-refractivity contribution in [3.05, 3.63) is 0 Å². The van der Waals surface area contributed by atoms with Crippen molar-refractivity contribution < 1.29 is 9.53 Å². The molecule has 0 radical (unpaired) electrons. The number of carbonyl (C=O) groups is 1. The number of guanidine groups is 1. The molecule has 1 rings (SSSR count). The van der Waals surface area contributed by atoms with Crippen molar-refractivity contribution >= 4 is 11.9 Å². The quantitative estimate of drug-likeness (QED) is 0.466. The average molecular weight is 312 g/mol. The molecule has 0 aromatic carbocycles. The number of hydrogen-bond acceptors (Lipinski definition) is 3. The van der Waals surface area contributed by atoms with Gasteiger partial charge >= 0.3 is 0 Å². The zero-order valence-electron chi connectivity index (χ0n) is 14.4. The molecule has 0 aromatic rings. The summed E-state index contributed by atoms with van der Waals surface area (Å²) in [7, 11) is 0. The van der Waals surface area contributed by atoms with Crippen LogP contribution in [0.2, 0.25) is 0 Å². The Balaban J connectivity index is 2.45. The molecule has 22 heavy (non-hydrogen) atoms. The Morgan fingerprint density at radius 1 is 1.45 bits per heavy atom. The van der Waals surface area contributed by atoms with Crippen molar-refractivity contribution in [3.63, 3.8) is 0 Å². The highest BCUT2D eigenvalue weighted by molar-refractivity contribution is 5.81. The van der Waals surface area contributed by atoms with Gasteiger partial charge in [-0.2, -0.15) is 0 Å². The van der Waals surface area contributed by atoms with Crippen molar-refractivity contribution in [2.45, 2.75) is 59.1 Å². The van der Waals surface area contributed by atoms with E-state index in [9.17, 15) is 4.79 Å². The summed E-state index contributed by atoms with van der Waals surface area (Å²) in [4.78, 5) is 15.8. The third-order valence-corrected chi connectivity index (χ3v) is 3.76. The van der Waals surface area contributed by atoms with E-state index in [-0.39, 0.29) is 18.1 Å². The van der Waals surface area contributed by atoms with Gasteiger partial charge in [0.2, 0.25) is 5.91 Å². The lowest BCUT2D eigenvalue weighted by Gasteiger charge is -2.25. The molecule has 1 fully saturated rings. The fourth-order valence-corrected chi connectivity index (χ4v) is 2.50. The predicted molar refractivity (Wildman–Crippen MR) is 90.0 cm³/mol. The molecule has 2 atom stereocenters. The smallest absolute Gasteiger partial charge is 0.220 e. The van der Waals surface area contributed by atoms with Crippen LogP contribution < -0.4 is 16.0 Å². The first-order valence-corrected chi connectivity index (χ1v) is 8.49. The lowest BCUT2D eigenvalue weighted by molar-refractivity contribution is -0.122. The van der Waals surface area contributed by atoms with E-state index in [0.29, 0.717) is 18.9 Å². The molecular weight excluding hydrogens is 280 g/mol. The zero-order valence-corrected chi connectivity index (χ0v) is 14.4. The third-order valence-electron chi connectivity index (χ3n) is 3.76. The molecule has 2 unspecified atom stereocenters. The Labute approximate surface area is 134 Å². The minimum atomic E-state index is 0.136. The van der Waals surface area contributed by atoms with Crippen LogP contribution in [0.5, 0.6) is 0 Å². The zero-order chi connectivity index (χ0) is 16.4. The van der Waals surface area contributed by atoms with E-state index in [1.54, 1.807) is 0 Å². The lowest BCUT2D eigenvalue weighted by atomic mass is 10.0. The summed E-state index contributed by atoms with van der Waals surface area (Å²) in [5.41, 5.74) is 0.